The van der Waals surface area contributed by atoms with Gasteiger partial charge in [-0.3, -0.25) is 14.4 Å². The maximum absolute atomic E-state index is 12.3. The minimum atomic E-state index is -4.21. The number of methoxy groups -OCH3 is 1. The average molecular weight is 306 g/mol. The van der Waals surface area contributed by atoms with Crippen LogP contribution in [0.15, 0.2) is 6.20 Å². The minimum Gasteiger partial charge on any atom is -0.479 e. The Bertz CT molecular complexity index is 507. The van der Waals surface area contributed by atoms with Gasteiger partial charge in [0.1, 0.15) is 5.56 Å². The Morgan fingerprint density at radius 3 is 2.48 bits per heavy atom. The van der Waals surface area contributed by atoms with Gasteiger partial charge < -0.3 is 9.64 Å². The highest BCUT2D eigenvalue weighted by Gasteiger charge is 2.33. The number of nitrogens with zero attached hydrogens (tertiary/aromatic N) is 4. The highest BCUT2D eigenvalue weighted by atomic mass is 19.4. The van der Waals surface area contributed by atoms with Crippen molar-refractivity contribution in [2.75, 3.05) is 39.8 Å². The van der Waals surface area contributed by atoms with Gasteiger partial charge >= 0.3 is 6.18 Å². The van der Waals surface area contributed by atoms with Gasteiger partial charge in [-0.1, -0.05) is 0 Å². The van der Waals surface area contributed by atoms with Crippen molar-refractivity contribution in [3.63, 3.8) is 0 Å². The van der Waals surface area contributed by atoms with Crippen molar-refractivity contribution in [1.29, 1.82) is 0 Å². The second kappa shape index (κ2) is 5.92. The zero-order valence-electron chi connectivity index (χ0n) is 11.9. The summed E-state index contributed by atoms with van der Waals surface area (Å²) in [5.74, 6) is -0.0492. The largest absolute Gasteiger partial charge is 0.479 e. The van der Waals surface area contributed by atoms with Gasteiger partial charge in [-0.25, -0.2) is 0 Å². The van der Waals surface area contributed by atoms with E-state index >= 15 is 0 Å². The summed E-state index contributed by atoms with van der Waals surface area (Å²) in [6.07, 6.45) is -2.66. The van der Waals surface area contributed by atoms with Gasteiger partial charge in [0.2, 0.25) is 5.88 Å². The molecule has 6 nitrogen and oxygen atoms in total. The van der Waals surface area contributed by atoms with Crippen molar-refractivity contribution in [1.82, 2.24) is 19.6 Å². The van der Waals surface area contributed by atoms with Gasteiger partial charge in [-0.15, -0.1) is 5.10 Å². The standard InChI is InChI=1S/C12H17F3N4O2/c1-17-7-9(10(16-17)21-2)11(20)19-5-3-18(4-6-19)8-12(13,14)15/h7H,3-6,8H2,1-2H3. The van der Waals surface area contributed by atoms with E-state index in [1.165, 1.54) is 21.6 Å². The van der Waals surface area contributed by atoms with Gasteiger partial charge in [0.25, 0.3) is 5.91 Å². The number of hydrogen-bond acceptors (Lipinski definition) is 4. The zero-order valence-corrected chi connectivity index (χ0v) is 11.9. The second-order valence-electron chi connectivity index (χ2n) is 4.91. The number of rotatable bonds is 3. The summed E-state index contributed by atoms with van der Waals surface area (Å²) in [5.41, 5.74) is 0.323. The molecule has 1 aliphatic heterocycles. The number of halogens is 3. The third-order valence-electron chi connectivity index (χ3n) is 3.28. The van der Waals surface area contributed by atoms with Gasteiger partial charge in [-0.05, 0) is 0 Å². The SMILES string of the molecule is COc1nn(C)cc1C(=O)N1CCN(CC(F)(F)F)CC1. The summed E-state index contributed by atoms with van der Waals surface area (Å²) < 4.78 is 43.4. The molecule has 0 N–H and O–H groups in total. The lowest BCUT2D eigenvalue weighted by atomic mass is 10.2. The van der Waals surface area contributed by atoms with Gasteiger partial charge in [-0.2, -0.15) is 13.2 Å². The highest BCUT2D eigenvalue weighted by molar-refractivity contribution is 5.96. The fraction of sp³-hybridized carbons (Fsp3) is 0.667. The normalized spacial score (nSPS) is 17.1. The van der Waals surface area contributed by atoms with Crippen LogP contribution in [0.25, 0.3) is 0 Å². The van der Waals surface area contributed by atoms with Crippen molar-refractivity contribution in [3.8, 4) is 5.88 Å². The molecule has 0 saturated carbocycles. The summed E-state index contributed by atoms with van der Waals surface area (Å²) in [6.45, 7) is -0.0210. The number of alkyl halides is 3. The summed E-state index contributed by atoms with van der Waals surface area (Å²) in [7, 11) is 3.08. The summed E-state index contributed by atoms with van der Waals surface area (Å²) in [5, 5.41) is 4.00. The number of aromatic nitrogens is 2. The number of ether oxygens (including phenoxy) is 1. The third kappa shape index (κ3) is 3.87. The Hall–Kier alpha value is -1.77. The predicted molar refractivity (Wildman–Crippen MR) is 68.2 cm³/mol. The molecule has 2 heterocycles. The highest BCUT2D eigenvalue weighted by Crippen LogP contribution is 2.20. The average Bonchev–Trinajstić information content (AvgIpc) is 2.78. The van der Waals surface area contributed by atoms with Gasteiger partial charge in [0.05, 0.1) is 13.7 Å². The summed E-state index contributed by atoms with van der Waals surface area (Å²) >= 11 is 0. The topological polar surface area (TPSA) is 50.6 Å². The van der Waals surface area contributed by atoms with Crippen LogP contribution in [-0.2, 0) is 7.05 Å². The number of carbonyl (C=O) groups is 1. The number of hydrogen-bond donors (Lipinski definition) is 0. The molecule has 0 aromatic carbocycles. The lowest BCUT2D eigenvalue weighted by Gasteiger charge is -2.34. The van der Waals surface area contributed by atoms with Gasteiger partial charge in [0.15, 0.2) is 0 Å². The first-order valence-corrected chi connectivity index (χ1v) is 6.46. The molecule has 0 radical (unpaired) electrons. The molecule has 0 unspecified atom stereocenters. The van der Waals surface area contributed by atoms with E-state index in [1.807, 2.05) is 0 Å². The van der Waals surface area contributed by atoms with E-state index in [0.29, 0.717) is 5.56 Å². The molecular formula is C12H17F3N4O2. The molecule has 1 aliphatic rings. The smallest absolute Gasteiger partial charge is 0.401 e. The molecular weight excluding hydrogens is 289 g/mol. The molecule has 1 aromatic rings. The molecule has 1 saturated heterocycles. The van der Waals surface area contributed by atoms with E-state index in [1.54, 1.807) is 13.2 Å². The molecule has 118 valence electrons. The van der Waals surface area contributed by atoms with E-state index in [4.69, 9.17) is 4.74 Å². The molecule has 0 atom stereocenters. The van der Waals surface area contributed by atoms with Crippen molar-refractivity contribution in [2.24, 2.45) is 7.05 Å². The maximum Gasteiger partial charge on any atom is 0.401 e. The van der Waals surface area contributed by atoms with E-state index in [0.717, 1.165) is 0 Å². The number of piperazine rings is 1. The number of amides is 1. The Balaban J connectivity index is 1.97. The van der Waals surface area contributed by atoms with Crippen molar-refractivity contribution in [3.05, 3.63) is 11.8 Å². The van der Waals surface area contributed by atoms with Crippen LogP contribution in [0.1, 0.15) is 10.4 Å². The Morgan fingerprint density at radius 2 is 1.95 bits per heavy atom. The van der Waals surface area contributed by atoms with Crippen LogP contribution in [-0.4, -0.2) is 71.5 Å². The van der Waals surface area contributed by atoms with Gasteiger partial charge in [0, 0.05) is 39.4 Å². The molecule has 0 bridgehead atoms. The fourth-order valence-corrected chi connectivity index (χ4v) is 2.30. The van der Waals surface area contributed by atoms with Crippen LogP contribution in [0, 0.1) is 0 Å². The molecule has 1 amide bonds. The van der Waals surface area contributed by atoms with E-state index < -0.39 is 12.7 Å². The zero-order chi connectivity index (χ0) is 15.6. The molecule has 0 aliphatic carbocycles. The molecule has 9 heteroatoms. The van der Waals surface area contributed by atoms with Crippen molar-refractivity contribution < 1.29 is 22.7 Å². The van der Waals surface area contributed by atoms with Crippen LogP contribution in [0.2, 0.25) is 0 Å². The minimum absolute atomic E-state index is 0.202. The number of aryl methyl sites for hydroxylation is 1. The van der Waals surface area contributed by atoms with Crippen molar-refractivity contribution in [2.45, 2.75) is 6.18 Å². The van der Waals surface area contributed by atoms with E-state index in [2.05, 4.69) is 5.10 Å². The molecule has 21 heavy (non-hydrogen) atoms. The maximum atomic E-state index is 12.3. The second-order valence-corrected chi connectivity index (χ2v) is 4.91. The van der Waals surface area contributed by atoms with E-state index in [9.17, 15) is 18.0 Å². The first kappa shape index (κ1) is 15.6. The first-order valence-electron chi connectivity index (χ1n) is 6.46. The Labute approximate surface area is 120 Å². The van der Waals surface area contributed by atoms with Crippen molar-refractivity contribution >= 4 is 5.91 Å². The molecule has 0 spiro atoms. The predicted octanol–water partition coefficient (Wildman–Crippen LogP) is 0.749. The lowest BCUT2D eigenvalue weighted by molar-refractivity contribution is -0.148. The lowest BCUT2D eigenvalue weighted by Crippen LogP contribution is -2.50. The summed E-state index contributed by atoms with van der Waals surface area (Å²) in [4.78, 5) is 15.2. The Kier molecular flexibility index (Phi) is 4.40. The quantitative estimate of drug-likeness (QED) is 0.827. The van der Waals surface area contributed by atoms with Crippen LogP contribution in [0.4, 0.5) is 13.2 Å². The molecule has 1 fully saturated rings. The third-order valence-corrected chi connectivity index (χ3v) is 3.28. The number of carbonyl (C=O) groups excluding carboxylic acids is 1. The van der Waals surface area contributed by atoms with Crippen LogP contribution >= 0.6 is 0 Å². The molecule has 2 rings (SSSR count). The molecule has 1 aromatic heterocycles. The Morgan fingerprint density at radius 1 is 1.33 bits per heavy atom. The summed E-state index contributed by atoms with van der Waals surface area (Å²) in [6, 6.07) is 0. The van der Waals surface area contributed by atoms with Crippen LogP contribution in [0.3, 0.4) is 0 Å². The van der Waals surface area contributed by atoms with Crippen LogP contribution in [0.5, 0.6) is 5.88 Å². The van der Waals surface area contributed by atoms with Crippen LogP contribution < -0.4 is 4.74 Å². The fourth-order valence-electron chi connectivity index (χ4n) is 2.30. The first-order chi connectivity index (χ1) is 9.80. The monoisotopic (exact) mass is 306 g/mol. The van der Waals surface area contributed by atoms with E-state index in [-0.39, 0.29) is 38.0 Å².